The van der Waals surface area contributed by atoms with E-state index >= 15 is 0 Å². The van der Waals surface area contributed by atoms with Crippen LogP contribution < -0.4 is 5.32 Å². The highest BCUT2D eigenvalue weighted by molar-refractivity contribution is 6.35. The van der Waals surface area contributed by atoms with Crippen molar-refractivity contribution in [2.45, 2.75) is 6.54 Å². The highest BCUT2D eigenvalue weighted by Crippen LogP contribution is 2.29. The molecule has 0 atom stereocenters. The molecule has 1 aromatic carbocycles. The van der Waals surface area contributed by atoms with Crippen LogP contribution in [0.1, 0.15) is 5.82 Å². The van der Waals surface area contributed by atoms with Gasteiger partial charge in [-0.1, -0.05) is 28.4 Å². The monoisotopic (exact) mass is 257 g/mol. The van der Waals surface area contributed by atoms with Crippen LogP contribution in [0.25, 0.3) is 11.5 Å². The van der Waals surface area contributed by atoms with Crippen LogP contribution in [-0.4, -0.2) is 17.2 Å². The molecule has 1 aromatic heterocycles. The van der Waals surface area contributed by atoms with Crippen LogP contribution in [0.3, 0.4) is 0 Å². The van der Waals surface area contributed by atoms with Gasteiger partial charge in [-0.05, 0) is 25.2 Å². The van der Waals surface area contributed by atoms with Gasteiger partial charge in [-0.2, -0.15) is 4.98 Å². The number of rotatable bonds is 3. The van der Waals surface area contributed by atoms with Crippen molar-refractivity contribution in [1.29, 1.82) is 0 Å². The second kappa shape index (κ2) is 4.82. The van der Waals surface area contributed by atoms with Crippen LogP contribution in [0.4, 0.5) is 0 Å². The number of hydrogen-bond donors (Lipinski definition) is 1. The maximum Gasteiger partial charge on any atom is 0.259 e. The molecule has 4 nitrogen and oxygen atoms in total. The van der Waals surface area contributed by atoms with Gasteiger partial charge in [-0.25, -0.2) is 0 Å². The minimum absolute atomic E-state index is 0.373. The lowest BCUT2D eigenvalue weighted by molar-refractivity contribution is 0.420. The molecule has 1 heterocycles. The summed E-state index contributed by atoms with van der Waals surface area (Å²) in [5.41, 5.74) is 0.643. The summed E-state index contributed by atoms with van der Waals surface area (Å²) in [6.45, 7) is 0.543. The Labute approximate surface area is 103 Å². The van der Waals surface area contributed by atoms with Crippen molar-refractivity contribution in [3.63, 3.8) is 0 Å². The molecule has 0 radical (unpaired) electrons. The molecule has 0 saturated carbocycles. The third-order valence-corrected chi connectivity index (χ3v) is 2.53. The summed E-state index contributed by atoms with van der Waals surface area (Å²) >= 11 is 11.9. The number of aromatic nitrogens is 2. The fourth-order valence-electron chi connectivity index (χ4n) is 1.25. The average molecular weight is 258 g/mol. The first kappa shape index (κ1) is 11.4. The molecule has 0 aliphatic rings. The molecule has 6 heteroatoms. The molecule has 0 spiro atoms. The number of hydrogen-bond acceptors (Lipinski definition) is 4. The van der Waals surface area contributed by atoms with Gasteiger partial charge in [0.1, 0.15) is 0 Å². The summed E-state index contributed by atoms with van der Waals surface area (Å²) in [4.78, 5) is 4.19. The Morgan fingerprint density at radius 2 is 2.19 bits per heavy atom. The molecule has 0 fully saturated rings. The van der Waals surface area contributed by atoms with E-state index in [1.807, 2.05) is 7.05 Å². The first-order valence-corrected chi connectivity index (χ1v) is 5.39. The Hall–Kier alpha value is -1.10. The van der Waals surface area contributed by atoms with Gasteiger partial charge in [0.05, 0.1) is 17.1 Å². The van der Waals surface area contributed by atoms with Crippen molar-refractivity contribution in [2.24, 2.45) is 0 Å². The minimum atomic E-state index is 0.373. The smallest absolute Gasteiger partial charge is 0.259 e. The Kier molecular flexibility index (Phi) is 3.43. The van der Waals surface area contributed by atoms with Gasteiger partial charge in [0.25, 0.3) is 5.89 Å². The number of nitrogens with zero attached hydrogens (tertiary/aromatic N) is 2. The first-order chi connectivity index (χ1) is 7.70. The third-order valence-electron chi connectivity index (χ3n) is 1.96. The van der Waals surface area contributed by atoms with E-state index in [4.69, 9.17) is 27.7 Å². The molecule has 1 N–H and O–H groups in total. The summed E-state index contributed by atoms with van der Waals surface area (Å²) in [6.07, 6.45) is 0. The largest absolute Gasteiger partial charge is 0.334 e. The van der Waals surface area contributed by atoms with Gasteiger partial charge >= 0.3 is 0 Å². The molecule has 2 aromatic rings. The molecule has 84 valence electrons. The van der Waals surface area contributed by atoms with Gasteiger partial charge in [0.15, 0.2) is 5.82 Å². The summed E-state index contributed by atoms with van der Waals surface area (Å²) in [7, 11) is 1.81. The van der Waals surface area contributed by atoms with E-state index < -0.39 is 0 Å². The zero-order valence-electron chi connectivity index (χ0n) is 8.50. The lowest BCUT2D eigenvalue weighted by Crippen LogP contribution is -2.06. The van der Waals surface area contributed by atoms with Crippen molar-refractivity contribution in [1.82, 2.24) is 15.5 Å². The van der Waals surface area contributed by atoms with Crippen LogP contribution >= 0.6 is 23.2 Å². The molecule has 2 rings (SSSR count). The van der Waals surface area contributed by atoms with E-state index in [0.717, 1.165) is 0 Å². The standard InChI is InChI=1S/C10H9Cl2N3O/c1-13-5-9-14-10(16-15-9)7-4-6(11)2-3-8(7)12/h2-4,13H,5H2,1H3. The predicted molar refractivity (Wildman–Crippen MR) is 62.5 cm³/mol. The maximum absolute atomic E-state index is 6.02. The maximum atomic E-state index is 6.02. The zero-order chi connectivity index (χ0) is 11.5. The number of nitrogens with one attached hydrogen (secondary N) is 1. The second-order valence-corrected chi connectivity index (χ2v) is 4.01. The van der Waals surface area contributed by atoms with Crippen molar-refractivity contribution < 1.29 is 4.52 Å². The van der Waals surface area contributed by atoms with Crippen molar-refractivity contribution in [3.05, 3.63) is 34.1 Å². The lowest BCUT2D eigenvalue weighted by Gasteiger charge is -1.98. The van der Waals surface area contributed by atoms with Gasteiger partial charge in [0.2, 0.25) is 0 Å². The van der Waals surface area contributed by atoms with Gasteiger partial charge in [-0.15, -0.1) is 0 Å². The van der Waals surface area contributed by atoms with Gasteiger partial charge in [-0.3, -0.25) is 0 Å². The zero-order valence-corrected chi connectivity index (χ0v) is 10.0. The molecule has 16 heavy (non-hydrogen) atoms. The van der Waals surface area contributed by atoms with E-state index in [9.17, 15) is 0 Å². The minimum Gasteiger partial charge on any atom is -0.334 e. The predicted octanol–water partition coefficient (Wildman–Crippen LogP) is 2.76. The van der Waals surface area contributed by atoms with Gasteiger partial charge < -0.3 is 9.84 Å². The topological polar surface area (TPSA) is 51.0 Å². The molecule has 0 aliphatic carbocycles. The summed E-state index contributed by atoms with van der Waals surface area (Å²) < 4.78 is 5.09. The van der Waals surface area contributed by atoms with Crippen molar-refractivity contribution >= 4 is 23.2 Å². The highest BCUT2D eigenvalue weighted by Gasteiger charge is 2.12. The Bertz CT molecular complexity index is 499. The average Bonchev–Trinajstić information content (AvgIpc) is 2.71. The van der Waals surface area contributed by atoms with E-state index in [-0.39, 0.29) is 0 Å². The van der Waals surface area contributed by atoms with E-state index in [0.29, 0.717) is 33.9 Å². The third kappa shape index (κ3) is 2.35. The summed E-state index contributed by atoms with van der Waals surface area (Å²) in [5.74, 6) is 0.950. The molecule has 0 bridgehead atoms. The Morgan fingerprint density at radius 3 is 2.94 bits per heavy atom. The highest BCUT2D eigenvalue weighted by atomic mass is 35.5. The fourth-order valence-corrected chi connectivity index (χ4v) is 1.63. The lowest BCUT2D eigenvalue weighted by atomic mass is 10.2. The van der Waals surface area contributed by atoms with Crippen LogP contribution in [0.5, 0.6) is 0 Å². The first-order valence-electron chi connectivity index (χ1n) is 4.63. The van der Waals surface area contributed by atoms with Crippen LogP contribution in [0, 0.1) is 0 Å². The van der Waals surface area contributed by atoms with Gasteiger partial charge in [0, 0.05) is 5.02 Å². The molecular weight excluding hydrogens is 249 g/mol. The van der Waals surface area contributed by atoms with Crippen LogP contribution in [0.15, 0.2) is 22.7 Å². The van der Waals surface area contributed by atoms with Crippen LogP contribution in [-0.2, 0) is 6.54 Å². The fraction of sp³-hybridized carbons (Fsp3) is 0.200. The summed E-state index contributed by atoms with van der Waals surface area (Å²) in [5, 5.41) is 7.84. The molecule has 0 amide bonds. The molecule has 0 unspecified atom stereocenters. The van der Waals surface area contributed by atoms with E-state index in [1.54, 1.807) is 18.2 Å². The Balaban J connectivity index is 2.38. The number of halogens is 2. The summed E-state index contributed by atoms with van der Waals surface area (Å²) in [6, 6.07) is 5.10. The van der Waals surface area contributed by atoms with Crippen molar-refractivity contribution in [2.75, 3.05) is 7.05 Å². The molecule has 0 saturated heterocycles. The number of benzene rings is 1. The molecular formula is C10H9Cl2N3O. The second-order valence-electron chi connectivity index (χ2n) is 3.17. The molecule has 0 aliphatic heterocycles. The normalized spacial score (nSPS) is 10.7. The van der Waals surface area contributed by atoms with Crippen LogP contribution in [0.2, 0.25) is 10.0 Å². The van der Waals surface area contributed by atoms with E-state index in [2.05, 4.69) is 15.5 Å². The quantitative estimate of drug-likeness (QED) is 0.919. The SMILES string of the molecule is CNCc1noc(-c2cc(Cl)ccc2Cl)n1. The van der Waals surface area contributed by atoms with Crippen molar-refractivity contribution in [3.8, 4) is 11.5 Å². The Morgan fingerprint density at radius 1 is 1.38 bits per heavy atom. The van der Waals surface area contributed by atoms with E-state index in [1.165, 1.54) is 0 Å².